The summed E-state index contributed by atoms with van der Waals surface area (Å²) in [6.07, 6.45) is 3.61. The maximum Gasteiger partial charge on any atom is 0.330 e. The van der Waals surface area contributed by atoms with Crippen LogP contribution in [0.4, 0.5) is 0 Å². The number of hydrogen-bond donors (Lipinski definition) is 0. The van der Waals surface area contributed by atoms with E-state index in [0.29, 0.717) is 46.4 Å². The highest BCUT2D eigenvalue weighted by atomic mass is 35.5. The van der Waals surface area contributed by atoms with Gasteiger partial charge in [0.1, 0.15) is 5.75 Å². The lowest BCUT2D eigenvalue weighted by atomic mass is 10.2. The number of rotatable bonds is 6. The van der Waals surface area contributed by atoms with Gasteiger partial charge in [0.15, 0.2) is 6.29 Å². The van der Waals surface area contributed by atoms with Gasteiger partial charge < -0.3 is 9.47 Å². The molecule has 0 aliphatic rings. The van der Waals surface area contributed by atoms with Crippen LogP contribution in [0.1, 0.15) is 28.5 Å². The first-order valence-corrected chi connectivity index (χ1v) is 7.65. The van der Waals surface area contributed by atoms with Crippen LogP contribution in [0.15, 0.2) is 24.3 Å². The lowest BCUT2D eigenvalue weighted by Gasteiger charge is -2.09. The Balaban J connectivity index is 2.30. The average Bonchev–Trinajstić information content (AvgIpc) is 2.81. The van der Waals surface area contributed by atoms with Crippen LogP contribution in [0.2, 0.25) is 5.02 Å². The normalized spacial score (nSPS) is 10.8. The van der Waals surface area contributed by atoms with Gasteiger partial charge in [0.05, 0.1) is 22.9 Å². The molecule has 2 rings (SSSR count). The van der Waals surface area contributed by atoms with Crippen LogP contribution < -0.4 is 4.74 Å². The first-order valence-electron chi connectivity index (χ1n) is 7.27. The van der Waals surface area contributed by atoms with Gasteiger partial charge in [-0.25, -0.2) is 9.48 Å². The van der Waals surface area contributed by atoms with E-state index in [9.17, 15) is 9.59 Å². The number of aromatic nitrogens is 2. The predicted octanol–water partition coefficient (Wildman–Crippen LogP) is 3.56. The van der Waals surface area contributed by atoms with Gasteiger partial charge in [-0.2, -0.15) is 5.10 Å². The Morgan fingerprint density at radius 1 is 1.42 bits per heavy atom. The molecule has 0 spiro atoms. The summed E-state index contributed by atoms with van der Waals surface area (Å²) >= 11 is 6.15. The van der Waals surface area contributed by atoms with Crippen LogP contribution in [0, 0.1) is 6.92 Å². The number of benzene rings is 1. The van der Waals surface area contributed by atoms with E-state index < -0.39 is 5.97 Å². The molecule has 0 aliphatic heterocycles. The van der Waals surface area contributed by atoms with E-state index in [1.54, 1.807) is 45.2 Å². The van der Waals surface area contributed by atoms with Crippen molar-refractivity contribution < 1.29 is 19.1 Å². The maximum absolute atomic E-state index is 11.4. The summed E-state index contributed by atoms with van der Waals surface area (Å²) < 4.78 is 12.1. The predicted molar refractivity (Wildman–Crippen MR) is 90.5 cm³/mol. The van der Waals surface area contributed by atoms with Crippen molar-refractivity contribution in [3.63, 3.8) is 0 Å². The SMILES string of the molecule is CCOC(=O)/C=C/c1ccc(Cl)c(Oc2c(C=O)c(C)nn2C)c1. The molecule has 126 valence electrons. The summed E-state index contributed by atoms with van der Waals surface area (Å²) in [5.74, 6) is 0.227. The van der Waals surface area contributed by atoms with Gasteiger partial charge in [-0.15, -0.1) is 0 Å². The van der Waals surface area contributed by atoms with Gasteiger partial charge in [-0.1, -0.05) is 17.7 Å². The first-order chi connectivity index (χ1) is 11.5. The van der Waals surface area contributed by atoms with Crippen molar-refractivity contribution in [2.45, 2.75) is 13.8 Å². The summed E-state index contributed by atoms with van der Waals surface area (Å²) in [7, 11) is 1.67. The van der Waals surface area contributed by atoms with E-state index in [2.05, 4.69) is 5.10 Å². The number of halogens is 1. The van der Waals surface area contributed by atoms with E-state index in [1.807, 2.05) is 0 Å². The van der Waals surface area contributed by atoms with Crippen LogP contribution in [0.3, 0.4) is 0 Å². The molecule has 0 amide bonds. The van der Waals surface area contributed by atoms with Crippen molar-refractivity contribution in [2.75, 3.05) is 6.61 Å². The third kappa shape index (κ3) is 4.02. The van der Waals surface area contributed by atoms with E-state index in [4.69, 9.17) is 21.1 Å². The molecule has 2 aromatic rings. The first kappa shape index (κ1) is 17.7. The molecular weight excluding hydrogens is 332 g/mol. The van der Waals surface area contributed by atoms with Gasteiger partial charge in [0, 0.05) is 13.1 Å². The summed E-state index contributed by atoms with van der Waals surface area (Å²) in [4.78, 5) is 22.6. The monoisotopic (exact) mass is 348 g/mol. The lowest BCUT2D eigenvalue weighted by Crippen LogP contribution is -1.99. The van der Waals surface area contributed by atoms with Gasteiger partial charge in [0.25, 0.3) is 0 Å². The van der Waals surface area contributed by atoms with Crippen LogP contribution in [-0.4, -0.2) is 28.6 Å². The Morgan fingerprint density at radius 2 is 2.17 bits per heavy atom. The Labute approximate surface area is 144 Å². The smallest absolute Gasteiger partial charge is 0.330 e. The Morgan fingerprint density at radius 3 is 2.83 bits per heavy atom. The molecule has 0 aliphatic carbocycles. The number of nitrogens with zero attached hydrogens (tertiary/aromatic N) is 2. The Hall–Kier alpha value is -2.60. The Kier molecular flexibility index (Phi) is 5.76. The molecule has 7 heteroatoms. The van der Waals surface area contributed by atoms with Gasteiger partial charge in [-0.05, 0) is 37.6 Å². The zero-order valence-electron chi connectivity index (χ0n) is 13.6. The molecule has 0 saturated heterocycles. The fourth-order valence-electron chi connectivity index (χ4n) is 2.07. The van der Waals surface area contributed by atoms with Gasteiger partial charge >= 0.3 is 5.97 Å². The number of aldehydes is 1. The second kappa shape index (κ2) is 7.79. The van der Waals surface area contributed by atoms with E-state index in [-0.39, 0.29) is 0 Å². The Bertz CT molecular complexity index is 796. The van der Waals surface area contributed by atoms with Gasteiger partial charge in [-0.3, -0.25) is 4.79 Å². The number of carbonyl (C=O) groups excluding carboxylic acids is 2. The molecule has 1 heterocycles. The molecule has 24 heavy (non-hydrogen) atoms. The highest BCUT2D eigenvalue weighted by molar-refractivity contribution is 6.32. The number of ether oxygens (including phenoxy) is 2. The van der Waals surface area contributed by atoms with Crippen molar-refractivity contribution in [2.24, 2.45) is 7.05 Å². The van der Waals surface area contributed by atoms with Gasteiger partial charge in [0.2, 0.25) is 5.88 Å². The minimum Gasteiger partial charge on any atom is -0.463 e. The number of esters is 1. The maximum atomic E-state index is 11.4. The molecule has 6 nitrogen and oxygen atoms in total. The third-order valence-electron chi connectivity index (χ3n) is 3.19. The summed E-state index contributed by atoms with van der Waals surface area (Å²) in [6.45, 7) is 3.77. The fourth-order valence-corrected chi connectivity index (χ4v) is 2.23. The van der Waals surface area contributed by atoms with Crippen molar-refractivity contribution in [3.8, 4) is 11.6 Å². The molecule has 0 N–H and O–H groups in total. The van der Waals surface area contributed by atoms with Crippen molar-refractivity contribution in [1.82, 2.24) is 9.78 Å². The van der Waals surface area contributed by atoms with Crippen LogP contribution in [-0.2, 0) is 16.6 Å². The molecule has 0 saturated carbocycles. The van der Waals surface area contributed by atoms with Crippen molar-refractivity contribution >= 4 is 29.9 Å². The number of carbonyl (C=O) groups is 2. The summed E-state index contributed by atoms with van der Waals surface area (Å²) in [5.41, 5.74) is 1.63. The van der Waals surface area contributed by atoms with E-state index in [1.165, 1.54) is 10.8 Å². The zero-order chi connectivity index (χ0) is 17.7. The standard InChI is InChI=1S/C17H17ClN2O4/c1-4-23-16(22)8-6-12-5-7-14(18)15(9-12)24-17-13(10-21)11(2)19-20(17)3/h5-10H,4H2,1-3H3/b8-6+. The average molecular weight is 349 g/mol. The molecule has 0 atom stereocenters. The second-order valence-electron chi connectivity index (χ2n) is 4.92. The van der Waals surface area contributed by atoms with E-state index >= 15 is 0 Å². The molecule has 1 aromatic carbocycles. The highest BCUT2D eigenvalue weighted by Crippen LogP contribution is 2.32. The molecule has 0 bridgehead atoms. The lowest BCUT2D eigenvalue weighted by molar-refractivity contribution is -0.137. The number of hydrogen-bond acceptors (Lipinski definition) is 5. The second-order valence-corrected chi connectivity index (χ2v) is 5.33. The molecular formula is C17H17ClN2O4. The third-order valence-corrected chi connectivity index (χ3v) is 3.50. The number of aryl methyl sites for hydroxylation is 2. The van der Waals surface area contributed by atoms with Crippen LogP contribution in [0.5, 0.6) is 11.6 Å². The van der Waals surface area contributed by atoms with Crippen LogP contribution >= 0.6 is 11.6 Å². The molecule has 0 radical (unpaired) electrons. The molecule has 0 fully saturated rings. The minimum absolute atomic E-state index is 0.302. The molecule has 1 aromatic heterocycles. The summed E-state index contributed by atoms with van der Waals surface area (Å²) in [5, 5.41) is 4.53. The quantitative estimate of drug-likeness (QED) is 0.453. The fraction of sp³-hybridized carbons (Fsp3) is 0.235. The summed E-state index contributed by atoms with van der Waals surface area (Å²) in [6, 6.07) is 5.04. The highest BCUT2D eigenvalue weighted by Gasteiger charge is 2.16. The largest absolute Gasteiger partial charge is 0.463 e. The van der Waals surface area contributed by atoms with E-state index in [0.717, 1.165) is 0 Å². The zero-order valence-corrected chi connectivity index (χ0v) is 14.3. The minimum atomic E-state index is -0.430. The topological polar surface area (TPSA) is 70.4 Å². The van der Waals surface area contributed by atoms with Crippen molar-refractivity contribution in [1.29, 1.82) is 0 Å². The van der Waals surface area contributed by atoms with Crippen molar-refractivity contribution in [3.05, 3.63) is 46.1 Å². The molecule has 0 unspecified atom stereocenters. The van der Waals surface area contributed by atoms with Crippen LogP contribution in [0.25, 0.3) is 6.08 Å².